The lowest BCUT2D eigenvalue weighted by Crippen LogP contribution is -2.41. The molecule has 5 heteroatoms. The third kappa shape index (κ3) is 2.73. The lowest BCUT2D eigenvalue weighted by atomic mass is 10.2. The molecule has 1 saturated heterocycles. The van der Waals surface area contributed by atoms with Crippen LogP contribution < -0.4 is 0 Å². The fourth-order valence-corrected chi connectivity index (χ4v) is 5.24. The zero-order valence-corrected chi connectivity index (χ0v) is 12.4. The van der Waals surface area contributed by atoms with E-state index in [4.69, 9.17) is 0 Å². The molecule has 1 heterocycles. The second-order valence-electron chi connectivity index (χ2n) is 4.53. The number of aryl methyl sites for hydroxylation is 1. The zero-order valence-electron chi connectivity index (χ0n) is 10.8. The van der Waals surface area contributed by atoms with Crippen LogP contribution in [0.4, 0.5) is 0 Å². The van der Waals surface area contributed by atoms with Gasteiger partial charge in [-0.15, -0.1) is 0 Å². The Labute approximate surface area is 114 Å². The van der Waals surface area contributed by atoms with Crippen molar-refractivity contribution < 1.29 is 8.42 Å². The minimum absolute atomic E-state index is 0.428. The first-order chi connectivity index (χ1) is 8.55. The number of thioether (sulfide) groups is 1. The molecule has 3 nitrogen and oxygen atoms in total. The largest absolute Gasteiger partial charge is 0.243 e. The number of sulfonamides is 1. The Bertz CT molecular complexity index is 513. The standard InChI is InChI=1S/C13H19NO2S2/c1-3-12-10-14(8-9-17-12)18(15,16)13-7-5-4-6-11(13)2/h4-7,12H,3,8-10H2,1-2H3. The van der Waals surface area contributed by atoms with Gasteiger partial charge in [-0.1, -0.05) is 25.1 Å². The molecule has 0 saturated carbocycles. The fourth-order valence-electron chi connectivity index (χ4n) is 2.14. The van der Waals surface area contributed by atoms with Gasteiger partial charge in [-0.2, -0.15) is 16.1 Å². The van der Waals surface area contributed by atoms with Gasteiger partial charge in [-0.05, 0) is 25.0 Å². The van der Waals surface area contributed by atoms with Crippen molar-refractivity contribution in [1.29, 1.82) is 0 Å². The normalized spacial score (nSPS) is 22.0. The third-order valence-corrected chi connectivity index (χ3v) is 6.67. The molecule has 1 aliphatic rings. The summed E-state index contributed by atoms with van der Waals surface area (Å²) in [5.74, 6) is 0.892. The maximum atomic E-state index is 12.6. The second-order valence-corrected chi connectivity index (χ2v) is 7.84. The maximum Gasteiger partial charge on any atom is 0.243 e. The maximum absolute atomic E-state index is 12.6. The molecule has 0 amide bonds. The van der Waals surface area contributed by atoms with Crippen molar-refractivity contribution >= 4 is 21.8 Å². The summed E-state index contributed by atoms with van der Waals surface area (Å²) in [6, 6.07) is 7.21. The summed E-state index contributed by atoms with van der Waals surface area (Å²) in [5, 5.41) is 0.428. The summed E-state index contributed by atoms with van der Waals surface area (Å²) in [7, 11) is -3.32. The van der Waals surface area contributed by atoms with Crippen LogP contribution in [-0.2, 0) is 10.0 Å². The number of rotatable bonds is 3. The molecular weight excluding hydrogens is 266 g/mol. The highest BCUT2D eigenvalue weighted by molar-refractivity contribution is 8.00. The molecule has 0 radical (unpaired) electrons. The fraction of sp³-hybridized carbons (Fsp3) is 0.538. The highest BCUT2D eigenvalue weighted by Gasteiger charge is 2.30. The lowest BCUT2D eigenvalue weighted by Gasteiger charge is -2.31. The van der Waals surface area contributed by atoms with Crippen LogP contribution in [0.25, 0.3) is 0 Å². The van der Waals surface area contributed by atoms with Crippen molar-refractivity contribution in [2.45, 2.75) is 30.4 Å². The minimum atomic E-state index is -3.32. The van der Waals surface area contributed by atoms with Gasteiger partial charge in [0.1, 0.15) is 0 Å². The number of hydrogen-bond acceptors (Lipinski definition) is 3. The molecule has 0 aliphatic carbocycles. The Balaban J connectivity index is 2.29. The molecule has 1 aliphatic heterocycles. The molecule has 0 bridgehead atoms. The average Bonchev–Trinajstić information content (AvgIpc) is 2.39. The van der Waals surface area contributed by atoms with Gasteiger partial charge < -0.3 is 0 Å². The number of benzene rings is 1. The smallest absolute Gasteiger partial charge is 0.207 e. The number of nitrogens with zero attached hydrogens (tertiary/aromatic N) is 1. The lowest BCUT2D eigenvalue weighted by molar-refractivity contribution is 0.415. The first-order valence-corrected chi connectivity index (χ1v) is 8.72. The molecule has 2 rings (SSSR count). The molecular formula is C13H19NO2S2. The van der Waals surface area contributed by atoms with Gasteiger partial charge >= 0.3 is 0 Å². The van der Waals surface area contributed by atoms with Crippen LogP contribution >= 0.6 is 11.8 Å². The van der Waals surface area contributed by atoms with Crippen LogP contribution in [0, 0.1) is 6.92 Å². The van der Waals surface area contributed by atoms with Crippen LogP contribution in [0.15, 0.2) is 29.2 Å². The van der Waals surface area contributed by atoms with Gasteiger partial charge in [-0.25, -0.2) is 8.42 Å². The van der Waals surface area contributed by atoms with Crippen molar-refractivity contribution in [2.75, 3.05) is 18.8 Å². The Kier molecular flexibility index (Phi) is 4.35. The van der Waals surface area contributed by atoms with Crippen LogP contribution in [0.5, 0.6) is 0 Å². The van der Waals surface area contributed by atoms with Crippen molar-refractivity contribution in [3.05, 3.63) is 29.8 Å². The molecule has 0 aromatic heterocycles. The summed E-state index contributed by atoms with van der Waals surface area (Å²) in [6.45, 7) is 5.22. The van der Waals surface area contributed by atoms with Gasteiger partial charge in [0.25, 0.3) is 0 Å². The molecule has 0 spiro atoms. The third-order valence-electron chi connectivity index (χ3n) is 3.27. The SMILES string of the molecule is CCC1CN(S(=O)(=O)c2ccccc2C)CCS1. The second kappa shape index (κ2) is 5.63. The zero-order chi connectivity index (χ0) is 13.2. The van der Waals surface area contributed by atoms with E-state index in [1.54, 1.807) is 16.4 Å². The highest BCUT2D eigenvalue weighted by atomic mass is 32.2. The molecule has 1 unspecified atom stereocenters. The van der Waals surface area contributed by atoms with E-state index in [9.17, 15) is 8.42 Å². The van der Waals surface area contributed by atoms with E-state index in [0.29, 0.717) is 23.2 Å². The first kappa shape index (κ1) is 13.9. The highest BCUT2D eigenvalue weighted by Crippen LogP contribution is 2.27. The minimum Gasteiger partial charge on any atom is -0.207 e. The van der Waals surface area contributed by atoms with Gasteiger partial charge in [0.15, 0.2) is 0 Å². The van der Waals surface area contributed by atoms with Crippen LogP contribution in [0.2, 0.25) is 0 Å². The Morgan fingerprint density at radius 3 is 2.78 bits per heavy atom. The Morgan fingerprint density at radius 1 is 1.39 bits per heavy atom. The van der Waals surface area contributed by atoms with Gasteiger partial charge in [0, 0.05) is 24.1 Å². The summed E-state index contributed by atoms with van der Waals surface area (Å²) in [6.07, 6.45) is 1.02. The van der Waals surface area contributed by atoms with Crippen molar-refractivity contribution in [3.63, 3.8) is 0 Å². The molecule has 1 fully saturated rings. The van der Waals surface area contributed by atoms with Gasteiger partial charge in [-0.3, -0.25) is 0 Å². The average molecular weight is 285 g/mol. The monoisotopic (exact) mass is 285 g/mol. The summed E-state index contributed by atoms with van der Waals surface area (Å²) in [4.78, 5) is 0.451. The van der Waals surface area contributed by atoms with Crippen LogP contribution in [0.3, 0.4) is 0 Å². The topological polar surface area (TPSA) is 37.4 Å². The predicted octanol–water partition coefficient (Wildman–Crippen LogP) is 2.51. The van der Waals surface area contributed by atoms with E-state index in [2.05, 4.69) is 6.92 Å². The molecule has 1 aromatic rings. The van der Waals surface area contributed by atoms with Crippen molar-refractivity contribution in [3.8, 4) is 0 Å². The van der Waals surface area contributed by atoms with E-state index >= 15 is 0 Å². The quantitative estimate of drug-likeness (QED) is 0.856. The summed E-state index contributed by atoms with van der Waals surface area (Å²) >= 11 is 1.88. The van der Waals surface area contributed by atoms with E-state index in [0.717, 1.165) is 17.7 Å². The predicted molar refractivity (Wildman–Crippen MR) is 76.5 cm³/mol. The molecule has 1 aromatic carbocycles. The van der Waals surface area contributed by atoms with Gasteiger partial charge in [0.2, 0.25) is 10.0 Å². The van der Waals surface area contributed by atoms with E-state index in [1.807, 2.05) is 30.8 Å². The van der Waals surface area contributed by atoms with Crippen LogP contribution in [-0.4, -0.2) is 36.8 Å². The number of hydrogen-bond donors (Lipinski definition) is 0. The summed E-state index contributed by atoms with van der Waals surface area (Å²) < 4.78 is 26.8. The molecule has 1 atom stereocenters. The summed E-state index contributed by atoms with van der Waals surface area (Å²) in [5.41, 5.74) is 0.823. The Hall–Kier alpha value is -0.520. The van der Waals surface area contributed by atoms with Crippen molar-refractivity contribution in [2.24, 2.45) is 0 Å². The molecule has 18 heavy (non-hydrogen) atoms. The van der Waals surface area contributed by atoms with Gasteiger partial charge in [0.05, 0.1) is 4.90 Å². The van der Waals surface area contributed by atoms with E-state index in [-0.39, 0.29) is 0 Å². The van der Waals surface area contributed by atoms with E-state index in [1.165, 1.54) is 0 Å². The Morgan fingerprint density at radius 2 is 2.11 bits per heavy atom. The van der Waals surface area contributed by atoms with Crippen molar-refractivity contribution in [1.82, 2.24) is 4.31 Å². The first-order valence-electron chi connectivity index (χ1n) is 6.23. The molecule has 0 N–H and O–H groups in total. The van der Waals surface area contributed by atoms with E-state index < -0.39 is 10.0 Å². The van der Waals surface area contributed by atoms with Crippen LogP contribution in [0.1, 0.15) is 18.9 Å². The molecule has 100 valence electrons.